The number of aromatic nitrogens is 2. The summed E-state index contributed by atoms with van der Waals surface area (Å²) in [6.07, 6.45) is 3.31. The van der Waals surface area contributed by atoms with Gasteiger partial charge in [-0.1, -0.05) is 29.8 Å². The van der Waals surface area contributed by atoms with Crippen LogP contribution in [0.15, 0.2) is 60.9 Å². The van der Waals surface area contributed by atoms with E-state index in [0.29, 0.717) is 23.7 Å². The molecule has 6 nitrogen and oxygen atoms in total. The second-order valence-electron chi connectivity index (χ2n) is 7.58. The first-order valence-electron chi connectivity index (χ1n) is 10.4. The second-order valence-corrected chi connectivity index (χ2v) is 7.99. The van der Waals surface area contributed by atoms with Crippen LogP contribution in [0.3, 0.4) is 0 Å². The second kappa shape index (κ2) is 9.94. The molecule has 1 fully saturated rings. The topological polar surface area (TPSA) is 53.4 Å². The molecule has 0 bridgehead atoms. The third-order valence-electron chi connectivity index (χ3n) is 5.46. The maximum absolute atomic E-state index is 13.1. The number of carbonyl (C=O) groups excluding carboxylic acids is 1. The smallest absolute Gasteiger partial charge is 0.254 e. The number of rotatable bonds is 7. The molecule has 162 valence electrons. The number of anilines is 1. The Hall–Kier alpha value is -2.90. The van der Waals surface area contributed by atoms with E-state index in [0.717, 1.165) is 44.0 Å². The number of nitrogens with zero attached hydrogens (tertiary/aromatic N) is 4. The predicted octanol–water partition coefficient (Wildman–Crippen LogP) is 3.28. The van der Waals surface area contributed by atoms with Crippen LogP contribution in [0.25, 0.3) is 0 Å². The van der Waals surface area contributed by atoms with Crippen LogP contribution in [0, 0.1) is 5.82 Å². The Labute approximate surface area is 186 Å². The molecule has 2 aromatic carbocycles. The molecule has 0 aliphatic carbocycles. The Morgan fingerprint density at radius 3 is 2.55 bits per heavy atom. The van der Waals surface area contributed by atoms with Crippen LogP contribution in [0.5, 0.6) is 0 Å². The minimum absolute atomic E-state index is 0.129. The van der Waals surface area contributed by atoms with Crippen molar-refractivity contribution < 1.29 is 9.18 Å². The molecule has 31 heavy (non-hydrogen) atoms. The first-order chi connectivity index (χ1) is 15.1. The predicted molar refractivity (Wildman–Crippen MR) is 120 cm³/mol. The molecule has 8 heteroatoms. The Bertz CT molecular complexity index is 1010. The van der Waals surface area contributed by atoms with Crippen molar-refractivity contribution >= 4 is 23.2 Å². The van der Waals surface area contributed by atoms with Gasteiger partial charge >= 0.3 is 0 Å². The molecule has 1 saturated heterocycles. The average Bonchev–Trinajstić information content (AvgIpc) is 3.25. The quantitative estimate of drug-likeness (QED) is 0.611. The van der Waals surface area contributed by atoms with Gasteiger partial charge in [0.2, 0.25) is 0 Å². The summed E-state index contributed by atoms with van der Waals surface area (Å²) in [7, 11) is 0. The molecule has 0 unspecified atom stereocenters. The van der Waals surface area contributed by atoms with Gasteiger partial charge in [0.1, 0.15) is 5.82 Å². The molecule has 0 radical (unpaired) electrons. The molecule has 4 rings (SSSR count). The summed E-state index contributed by atoms with van der Waals surface area (Å²) in [6.45, 7) is 5.46. The molecule has 3 aromatic rings. The molecule has 1 aliphatic heterocycles. The SMILES string of the molecule is O=C(NCCN1CCN(c2ccc(F)cc2)CC1)c1cnn(Cc2ccccc2Cl)c1. The monoisotopic (exact) mass is 441 g/mol. The Balaban J connectivity index is 1.20. The van der Waals surface area contributed by atoms with Crippen LogP contribution < -0.4 is 10.2 Å². The molecule has 2 heterocycles. The lowest BCUT2D eigenvalue weighted by Crippen LogP contribution is -2.48. The molecule has 0 spiro atoms. The van der Waals surface area contributed by atoms with Crippen LogP contribution in [-0.2, 0) is 6.54 Å². The summed E-state index contributed by atoms with van der Waals surface area (Å²) >= 11 is 6.19. The van der Waals surface area contributed by atoms with Gasteiger partial charge in [-0.25, -0.2) is 4.39 Å². The van der Waals surface area contributed by atoms with E-state index in [2.05, 4.69) is 20.2 Å². The van der Waals surface area contributed by atoms with E-state index >= 15 is 0 Å². The average molecular weight is 442 g/mol. The van der Waals surface area contributed by atoms with Gasteiger partial charge in [-0.15, -0.1) is 0 Å². The highest BCUT2D eigenvalue weighted by atomic mass is 35.5. The van der Waals surface area contributed by atoms with Crippen LogP contribution in [0.1, 0.15) is 15.9 Å². The molecular formula is C23H25ClFN5O. The third-order valence-corrected chi connectivity index (χ3v) is 5.83. The summed E-state index contributed by atoms with van der Waals surface area (Å²) in [5, 5.41) is 7.92. The number of amides is 1. The summed E-state index contributed by atoms with van der Waals surface area (Å²) in [6, 6.07) is 14.2. The maximum atomic E-state index is 13.1. The van der Waals surface area contributed by atoms with Crippen LogP contribution in [0.2, 0.25) is 5.02 Å². The maximum Gasteiger partial charge on any atom is 0.254 e. The van der Waals surface area contributed by atoms with Crippen molar-refractivity contribution in [3.05, 3.63) is 82.9 Å². The van der Waals surface area contributed by atoms with Crippen molar-refractivity contribution in [3.8, 4) is 0 Å². The van der Waals surface area contributed by atoms with E-state index in [1.807, 2.05) is 36.4 Å². The molecule has 1 N–H and O–H groups in total. The summed E-state index contributed by atoms with van der Waals surface area (Å²) < 4.78 is 14.8. The number of piperazine rings is 1. The van der Waals surface area contributed by atoms with Gasteiger partial charge in [0.25, 0.3) is 5.91 Å². The normalized spacial score (nSPS) is 14.6. The largest absolute Gasteiger partial charge is 0.369 e. The van der Waals surface area contributed by atoms with E-state index in [4.69, 9.17) is 11.6 Å². The van der Waals surface area contributed by atoms with Gasteiger partial charge in [0, 0.05) is 56.2 Å². The van der Waals surface area contributed by atoms with Gasteiger partial charge in [-0.3, -0.25) is 14.4 Å². The molecule has 0 saturated carbocycles. The van der Waals surface area contributed by atoms with Crippen molar-refractivity contribution in [2.24, 2.45) is 0 Å². The fraction of sp³-hybridized carbons (Fsp3) is 0.304. The minimum Gasteiger partial charge on any atom is -0.369 e. The fourth-order valence-electron chi connectivity index (χ4n) is 3.68. The lowest BCUT2D eigenvalue weighted by molar-refractivity contribution is 0.0947. The van der Waals surface area contributed by atoms with Gasteiger partial charge in [-0.05, 0) is 35.9 Å². The lowest BCUT2D eigenvalue weighted by atomic mass is 10.2. The molecule has 1 amide bonds. The fourth-order valence-corrected chi connectivity index (χ4v) is 3.88. The van der Waals surface area contributed by atoms with Gasteiger partial charge in [-0.2, -0.15) is 5.10 Å². The Morgan fingerprint density at radius 1 is 1.06 bits per heavy atom. The number of nitrogens with one attached hydrogen (secondary N) is 1. The zero-order chi connectivity index (χ0) is 21.6. The third kappa shape index (κ3) is 5.62. The number of halogens is 2. The van der Waals surface area contributed by atoms with Crippen LogP contribution >= 0.6 is 11.6 Å². The Kier molecular flexibility index (Phi) is 6.84. The number of hydrogen-bond acceptors (Lipinski definition) is 4. The van der Waals surface area contributed by atoms with Crippen molar-refractivity contribution in [3.63, 3.8) is 0 Å². The molecular weight excluding hydrogens is 417 g/mol. The number of carbonyl (C=O) groups is 1. The molecule has 1 aliphatic rings. The van der Waals surface area contributed by atoms with Crippen molar-refractivity contribution in [1.82, 2.24) is 20.0 Å². The van der Waals surface area contributed by atoms with E-state index in [1.54, 1.807) is 17.1 Å². The number of benzene rings is 2. The van der Waals surface area contributed by atoms with Gasteiger partial charge in [0.05, 0.1) is 18.3 Å². The van der Waals surface area contributed by atoms with Gasteiger partial charge < -0.3 is 10.2 Å². The summed E-state index contributed by atoms with van der Waals surface area (Å²) in [5.74, 6) is -0.345. The lowest BCUT2D eigenvalue weighted by Gasteiger charge is -2.36. The van der Waals surface area contributed by atoms with Crippen molar-refractivity contribution in [2.75, 3.05) is 44.2 Å². The van der Waals surface area contributed by atoms with E-state index in [9.17, 15) is 9.18 Å². The Morgan fingerprint density at radius 2 is 1.81 bits per heavy atom. The molecule has 0 atom stereocenters. The zero-order valence-electron chi connectivity index (χ0n) is 17.2. The standard InChI is InChI=1S/C23H25ClFN5O/c24-22-4-2-1-3-18(22)16-30-17-19(15-27-30)23(31)26-9-10-28-11-13-29(14-12-28)21-7-5-20(25)6-8-21/h1-8,15,17H,9-14,16H2,(H,26,31). The summed E-state index contributed by atoms with van der Waals surface area (Å²) in [4.78, 5) is 17.0. The summed E-state index contributed by atoms with van der Waals surface area (Å²) in [5.41, 5.74) is 2.54. The van der Waals surface area contributed by atoms with E-state index < -0.39 is 0 Å². The highest BCUT2D eigenvalue weighted by Crippen LogP contribution is 2.17. The zero-order valence-corrected chi connectivity index (χ0v) is 17.9. The first-order valence-corrected chi connectivity index (χ1v) is 10.7. The van der Waals surface area contributed by atoms with E-state index in [-0.39, 0.29) is 11.7 Å². The van der Waals surface area contributed by atoms with Crippen molar-refractivity contribution in [1.29, 1.82) is 0 Å². The van der Waals surface area contributed by atoms with Crippen molar-refractivity contribution in [2.45, 2.75) is 6.54 Å². The van der Waals surface area contributed by atoms with Crippen LogP contribution in [-0.4, -0.2) is 59.9 Å². The number of hydrogen-bond donors (Lipinski definition) is 1. The molecule has 1 aromatic heterocycles. The highest BCUT2D eigenvalue weighted by Gasteiger charge is 2.17. The minimum atomic E-state index is -0.215. The van der Waals surface area contributed by atoms with E-state index in [1.165, 1.54) is 12.1 Å². The first kappa shape index (κ1) is 21.3. The highest BCUT2D eigenvalue weighted by molar-refractivity contribution is 6.31. The van der Waals surface area contributed by atoms with Gasteiger partial charge in [0.15, 0.2) is 0 Å². The van der Waals surface area contributed by atoms with Crippen LogP contribution in [0.4, 0.5) is 10.1 Å².